The topological polar surface area (TPSA) is 46.9 Å². The molecule has 14 heavy (non-hydrogen) atoms. The van der Waals surface area contributed by atoms with Crippen LogP contribution in [0, 0.1) is 6.92 Å². The Morgan fingerprint density at radius 1 is 1.79 bits per heavy atom. The molecule has 78 valence electrons. The van der Waals surface area contributed by atoms with Crippen LogP contribution >= 0.6 is 11.6 Å². The molecule has 0 spiro atoms. The zero-order valence-electron chi connectivity index (χ0n) is 8.54. The summed E-state index contributed by atoms with van der Waals surface area (Å²) in [5.74, 6) is -0.122. The summed E-state index contributed by atoms with van der Waals surface area (Å²) in [5.41, 5.74) is 1.33. The van der Waals surface area contributed by atoms with Crippen LogP contribution in [0.4, 0.5) is 0 Å². The molecule has 0 saturated heterocycles. The lowest BCUT2D eigenvalue weighted by molar-refractivity contribution is 0.0953. The largest absolute Gasteiger partial charge is 0.350 e. The monoisotopic (exact) mass is 215 g/mol. The molecule has 1 heterocycles. The predicted molar refractivity (Wildman–Crippen MR) is 55.6 cm³/mol. The maximum atomic E-state index is 11.6. The molecule has 0 aliphatic rings. The van der Waals surface area contributed by atoms with Crippen molar-refractivity contribution in [1.29, 1.82) is 0 Å². The van der Waals surface area contributed by atoms with Gasteiger partial charge < -0.3 is 5.32 Å². The van der Waals surface area contributed by atoms with E-state index in [4.69, 9.17) is 11.6 Å². The predicted octanol–water partition coefficient (Wildman–Crippen LogP) is 1.09. The van der Waals surface area contributed by atoms with Crippen molar-refractivity contribution in [2.24, 2.45) is 7.05 Å². The van der Waals surface area contributed by atoms with Gasteiger partial charge in [-0.15, -0.1) is 11.6 Å². The zero-order chi connectivity index (χ0) is 10.7. The molecule has 1 rings (SSSR count). The van der Waals surface area contributed by atoms with Crippen LogP contribution in [0.15, 0.2) is 6.20 Å². The zero-order valence-corrected chi connectivity index (χ0v) is 9.30. The van der Waals surface area contributed by atoms with Gasteiger partial charge in [0.1, 0.15) is 0 Å². The van der Waals surface area contributed by atoms with Crippen LogP contribution < -0.4 is 5.32 Å². The molecular formula is C9H14ClN3O. The van der Waals surface area contributed by atoms with Crippen LogP contribution in [0.3, 0.4) is 0 Å². The third kappa shape index (κ3) is 2.73. The van der Waals surface area contributed by atoms with Crippen LogP contribution in [-0.4, -0.2) is 27.6 Å². The van der Waals surface area contributed by atoms with E-state index in [-0.39, 0.29) is 11.3 Å². The third-order valence-electron chi connectivity index (χ3n) is 1.80. The van der Waals surface area contributed by atoms with Crippen LogP contribution in [0.2, 0.25) is 0 Å². The summed E-state index contributed by atoms with van der Waals surface area (Å²) in [6, 6.07) is 0. The van der Waals surface area contributed by atoms with E-state index in [0.29, 0.717) is 12.1 Å². The molecule has 0 aliphatic heterocycles. The standard InChI is InChI=1S/C9H14ClN3O/c1-6(10)4-11-9(14)8-5-13(3)12-7(8)2/h5-6H,4H2,1-3H3,(H,11,14). The van der Waals surface area contributed by atoms with Crippen molar-refractivity contribution in [1.82, 2.24) is 15.1 Å². The van der Waals surface area contributed by atoms with Crippen molar-refractivity contribution < 1.29 is 4.79 Å². The van der Waals surface area contributed by atoms with Gasteiger partial charge in [0.2, 0.25) is 0 Å². The van der Waals surface area contributed by atoms with E-state index < -0.39 is 0 Å². The second kappa shape index (κ2) is 4.46. The first-order valence-corrected chi connectivity index (χ1v) is 4.87. The number of hydrogen-bond donors (Lipinski definition) is 1. The van der Waals surface area contributed by atoms with E-state index >= 15 is 0 Å². The second-order valence-corrected chi connectivity index (χ2v) is 4.04. The van der Waals surface area contributed by atoms with E-state index in [1.54, 1.807) is 24.9 Å². The lowest BCUT2D eigenvalue weighted by Crippen LogP contribution is -2.28. The Morgan fingerprint density at radius 2 is 2.43 bits per heavy atom. The van der Waals surface area contributed by atoms with Crippen molar-refractivity contribution >= 4 is 17.5 Å². The van der Waals surface area contributed by atoms with Gasteiger partial charge in [0.25, 0.3) is 5.91 Å². The Balaban J connectivity index is 2.65. The Morgan fingerprint density at radius 3 is 2.86 bits per heavy atom. The van der Waals surface area contributed by atoms with Gasteiger partial charge in [0.15, 0.2) is 0 Å². The molecule has 1 atom stereocenters. The smallest absolute Gasteiger partial charge is 0.254 e. The Labute approximate surface area is 88.2 Å². The van der Waals surface area contributed by atoms with Gasteiger partial charge in [-0.3, -0.25) is 9.48 Å². The lowest BCUT2D eigenvalue weighted by atomic mass is 10.2. The minimum absolute atomic E-state index is 0.0593. The molecule has 0 bridgehead atoms. The summed E-state index contributed by atoms with van der Waals surface area (Å²) < 4.78 is 1.62. The first kappa shape index (κ1) is 11.0. The van der Waals surface area contributed by atoms with E-state index in [1.165, 1.54) is 0 Å². The van der Waals surface area contributed by atoms with Crippen LogP contribution in [0.25, 0.3) is 0 Å². The molecule has 4 nitrogen and oxygen atoms in total. The third-order valence-corrected chi connectivity index (χ3v) is 1.96. The number of rotatable bonds is 3. The van der Waals surface area contributed by atoms with Gasteiger partial charge in [-0.25, -0.2) is 0 Å². The number of hydrogen-bond acceptors (Lipinski definition) is 2. The minimum Gasteiger partial charge on any atom is -0.350 e. The van der Waals surface area contributed by atoms with Gasteiger partial charge in [0.05, 0.1) is 11.3 Å². The number of halogens is 1. The van der Waals surface area contributed by atoms with Gasteiger partial charge in [-0.2, -0.15) is 5.10 Å². The summed E-state index contributed by atoms with van der Waals surface area (Å²) in [6.07, 6.45) is 1.70. The molecule has 1 N–H and O–H groups in total. The first-order valence-electron chi connectivity index (χ1n) is 4.43. The van der Waals surface area contributed by atoms with Gasteiger partial charge in [-0.1, -0.05) is 0 Å². The average Bonchev–Trinajstić information content (AvgIpc) is 2.41. The fourth-order valence-electron chi connectivity index (χ4n) is 1.15. The number of aromatic nitrogens is 2. The Bertz CT molecular complexity index is 333. The Kier molecular flexibility index (Phi) is 3.52. The van der Waals surface area contributed by atoms with Crippen LogP contribution in [-0.2, 0) is 7.05 Å². The number of alkyl halides is 1. The summed E-state index contributed by atoms with van der Waals surface area (Å²) in [5, 5.41) is 6.75. The minimum atomic E-state index is -0.122. The summed E-state index contributed by atoms with van der Waals surface area (Å²) in [4.78, 5) is 11.6. The highest BCUT2D eigenvalue weighted by molar-refractivity contribution is 6.20. The molecular weight excluding hydrogens is 202 g/mol. The number of nitrogens with one attached hydrogen (secondary N) is 1. The fourth-order valence-corrected chi connectivity index (χ4v) is 1.23. The van der Waals surface area contributed by atoms with Gasteiger partial charge in [-0.05, 0) is 13.8 Å². The molecule has 0 radical (unpaired) electrons. The average molecular weight is 216 g/mol. The second-order valence-electron chi connectivity index (χ2n) is 3.29. The molecule has 1 amide bonds. The normalized spacial score (nSPS) is 12.6. The van der Waals surface area contributed by atoms with E-state index in [2.05, 4.69) is 10.4 Å². The van der Waals surface area contributed by atoms with Crippen molar-refractivity contribution in [2.45, 2.75) is 19.2 Å². The maximum absolute atomic E-state index is 11.6. The highest BCUT2D eigenvalue weighted by atomic mass is 35.5. The fraction of sp³-hybridized carbons (Fsp3) is 0.556. The number of carbonyl (C=O) groups excluding carboxylic acids is 1. The van der Waals surface area contributed by atoms with Gasteiger partial charge in [0, 0.05) is 25.2 Å². The van der Waals surface area contributed by atoms with Crippen LogP contribution in [0.1, 0.15) is 23.0 Å². The highest BCUT2D eigenvalue weighted by Gasteiger charge is 2.12. The number of aryl methyl sites for hydroxylation is 2. The summed E-state index contributed by atoms with van der Waals surface area (Å²) in [6.45, 7) is 4.10. The van der Waals surface area contributed by atoms with E-state index in [1.807, 2.05) is 6.92 Å². The highest BCUT2D eigenvalue weighted by Crippen LogP contribution is 2.04. The van der Waals surface area contributed by atoms with Crippen molar-refractivity contribution in [3.8, 4) is 0 Å². The molecule has 1 aromatic rings. The quantitative estimate of drug-likeness (QED) is 0.768. The molecule has 1 aromatic heterocycles. The van der Waals surface area contributed by atoms with Crippen molar-refractivity contribution in [3.63, 3.8) is 0 Å². The SMILES string of the molecule is Cc1nn(C)cc1C(=O)NCC(C)Cl. The molecule has 0 aromatic carbocycles. The number of nitrogens with zero attached hydrogens (tertiary/aromatic N) is 2. The Hall–Kier alpha value is -1.03. The first-order chi connectivity index (χ1) is 6.50. The molecule has 1 unspecified atom stereocenters. The molecule has 5 heteroatoms. The molecule has 0 fully saturated rings. The summed E-state index contributed by atoms with van der Waals surface area (Å²) in [7, 11) is 1.79. The lowest BCUT2D eigenvalue weighted by Gasteiger charge is -2.04. The summed E-state index contributed by atoms with van der Waals surface area (Å²) >= 11 is 5.72. The number of carbonyl (C=O) groups is 1. The molecule has 0 saturated carbocycles. The van der Waals surface area contributed by atoms with Gasteiger partial charge >= 0.3 is 0 Å². The molecule has 0 aliphatic carbocycles. The van der Waals surface area contributed by atoms with Crippen molar-refractivity contribution in [2.75, 3.05) is 6.54 Å². The van der Waals surface area contributed by atoms with Crippen LogP contribution in [0.5, 0.6) is 0 Å². The maximum Gasteiger partial charge on any atom is 0.254 e. The van der Waals surface area contributed by atoms with Crippen molar-refractivity contribution in [3.05, 3.63) is 17.5 Å². The number of amides is 1. The van der Waals surface area contributed by atoms with E-state index in [9.17, 15) is 4.79 Å². The van der Waals surface area contributed by atoms with E-state index in [0.717, 1.165) is 5.69 Å².